The predicted octanol–water partition coefficient (Wildman–Crippen LogP) is 8.02. The van der Waals surface area contributed by atoms with E-state index in [1.54, 1.807) is 32.6 Å². The molecule has 1 aliphatic rings. The van der Waals surface area contributed by atoms with E-state index in [0.717, 1.165) is 54.9 Å². The second kappa shape index (κ2) is 16.2. The summed E-state index contributed by atoms with van der Waals surface area (Å²) in [6, 6.07) is 28.0. The molecule has 4 aromatic carbocycles. The first-order valence-electron chi connectivity index (χ1n) is 16.0. The number of benzene rings is 4. The van der Waals surface area contributed by atoms with Crippen LogP contribution in [0.4, 0.5) is 27.9 Å². The van der Waals surface area contributed by atoms with E-state index < -0.39 is 0 Å². The van der Waals surface area contributed by atoms with Crippen molar-refractivity contribution in [2.45, 2.75) is 25.9 Å². The summed E-state index contributed by atoms with van der Waals surface area (Å²) in [7, 11) is 3.20. The fourth-order valence-corrected chi connectivity index (χ4v) is 6.13. The van der Waals surface area contributed by atoms with Crippen LogP contribution in [0.3, 0.4) is 0 Å². The highest BCUT2D eigenvalue weighted by molar-refractivity contribution is 9.10. The Morgan fingerprint density at radius 3 is 2.33 bits per heavy atom. The highest BCUT2D eigenvalue weighted by Gasteiger charge is 2.23. The lowest BCUT2D eigenvalue weighted by Crippen LogP contribution is -2.35. The van der Waals surface area contributed by atoms with Crippen molar-refractivity contribution in [1.82, 2.24) is 15.0 Å². The molecule has 49 heavy (non-hydrogen) atoms. The average Bonchev–Trinajstić information content (AvgIpc) is 3.12. The van der Waals surface area contributed by atoms with E-state index in [1.165, 1.54) is 17.7 Å². The molecule has 252 valence electrons. The number of aromatic nitrogens is 3. The van der Waals surface area contributed by atoms with Crippen molar-refractivity contribution >= 4 is 45.7 Å². The maximum absolute atomic E-state index is 13.3. The first-order chi connectivity index (χ1) is 23.9. The van der Waals surface area contributed by atoms with Crippen LogP contribution in [0, 0.1) is 11.7 Å². The molecule has 0 atom stereocenters. The molecule has 2 heterocycles. The Bertz CT molecular complexity index is 1850. The highest BCUT2D eigenvalue weighted by atomic mass is 79.9. The van der Waals surface area contributed by atoms with Crippen LogP contribution >= 0.6 is 15.9 Å². The summed E-state index contributed by atoms with van der Waals surface area (Å²) in [6.45, 7) is 1.94. The van der Waals surface area contributed by atoms with E-state index in [1.807, 2.05) is 36.4 Å². The van der Waals surface area contributed by atoms with E-state index in [-0.39, 0.29) is 12.4 Å². The van der Waals surface area contributed by atoms with Gasteiger partial charge >= 0.3 is 0 Å². The van der Waals surface area contributed by atoms with Crippen molar-refractivity contribution in [1.29, 1.82) is 0 Å². The Morgan fingerprint density at radius 1 is 0.878 bits per heavy atom. The molecule has 1 aromatic heterocycles. The summed E-state index contributed by atoms with van der Waals surface area (Å²) >= 11 is 3.59. The molecular formula is C37H37BrFN7O3. The molecule has 0 aliphatic carbocycles. The highest BCUT2D eigenvalue weighted by Crippen LogP contribution is 2.37. The number of anilines is 4. The van der Waals surface area contributed by atoms with Gasteiger partial charge in [0.05, 0.1) is 24.9 Å². The van der Waals surface area contributed by atoms with Crippen molar-refractivity contribution in [3.05, 3.63) is 118 Å². The van der Waals surface area contributed by atoms with E-state index in [4.69, 9.17) is 24.2 Å². The molecule has 6 rings (SSSR count). The summed E-state index contributed by atoms with van der Waals surface area (Å²) in [5.74, 6) is 3.39. The summed E-state index contributed by atoms with van der Waals surface area (Å²) in [4.78, 5) is 16.3. The number of ether oxygens (including phenoxy) is 3. The predicted molar refractivity (Wildman–Crippen MR) is 194 cm³/mol. The third-order valence-electron chi connectivity index (χ3n) is 8.16. The number of hydrogen-bond acceptors (Lipinski definition) is 10. The Kier molecular flexibility index (Phi) is 11.2. The number of nitrogens with zero attached hydrogens (tertiary/aromatic N) is 5. The smallest absolute Gasteiger partial charge is 0.250 e. The lowest BCUT2D eigenvalue weighted by atomic mass is 9.90. The topological polar surface area (TPSA) is 106 Å². The molecule has 0 radical (unpaired) electrons. The van der Waals surface area contributed by atoms with E-state index >= 15 is 0 Å². The van der Waals surface area contributed by atoms with Crippen molar-refractivity contribution < 1.29 is 18.6 Å². The summed E-state index contributed by atoms with van der Waals surface area (Å²) in [6.07, 6.45) is 4.80. The van der Waals surface area contributed by atoms with Crippen LogP contribution in [0.15, 0.2) is 101 Å². The Hall–Kier alpha value is -5.23. The maximum atomic E-state index is 13.3. The van der Waals surface area contributed by atoms with Gasteiger partial charge in [-0.15, -0.1) is 0 Å². The lowest BCUT2D eigenvalue weighted by Gasteiger charge is -2.32. The fraction of sp³-hybridized carbons (Fsp3) is 0.243. The molecule has 1 fully saturated rings. The number of halogens is 2. The zero-order valence-corrected chi connectivity index (χ0v) is 28.9. The van der Waals surface area contributed by atoms with Crippen LogP contribution in [-0.2, 0) is 13.0 Å². The molecule has 0 bridgehead atoms. The molecule has 0 amide bonds. The number of piperidine rings is 1. The van der Waals surface area contributed by atoms with Crippen LogP contribution in [0.5, 0.6) is 17.2 Å². The quantitative estimate of drug-likeness (QED) is 0.0922. The SMILES string of the molecule is COc1ccc(Nc2nc(N/N=C\c3cc(Br)c(OCc4ccc(F)cc4)c(OC)c3)nc(N3CCC(Cc4ccccc4)CC3)n2)cc1. The Labute approximate surface area is 293 Å². The second-order valence-electron chi connectivity index (χ2n) is 11.6. The molecule has 0 spiro atoms. The number of methoxy groups -OCH3 is 2. The van der Waals surface area contributed by atoms with Gasteiger partial charge < -0.3 is 24.4 Å². The summed E-state index contributed by atoms with van der Waals surface area (Å²) in [5.41, 5.74) is 6.74. The van der Waals surface area contributed by atoms with Crippen LogP contribution in [0.25, 0.3) is 0 Å². The largest absolute Gasteiger partial charge is 0.497 e. The van der Waals surface area contributed by atoms with E-state index in [2.05, 4.69) is 72.0 Å². The molecule has 1 aliphatic heterocycles. The number of rotatable bonds is 13. The molecule has 10 nitrogen and oxygen atoms in total. The van der Waals surface area contributed by atoms with Gasteiger partial charge in [-0.05, 0) is 106 Å². The Balaban J connectivity index is 1.16. The zero-order valence-electron chi connectivity index (χ0n) is 27.3. The minimum Gasteiger partial charge on any atom is -0.497 e. The monoisotopic (exact) mass is 725 g/mol. The number of hydrogen-bond donors (Lipinski definition) is 2. The van der Waals surface area contributed by atoms with Gasteiger partial charge in [0.15, 0.2) is 11.5 Å². The van der Waals surface area contributed by atoms with Crippen molar-refractivity contribution in [2.24, 2.45) is 11.0 Å². The van der Waals surface area contributed by atoms with Crippen LogP contribution in [-0.4, -0.2) is 48.5 Å². The van der Waals surface area contributed by atoms with Gasteiger partial charge in [-0.25, -0.2) is 9.82 Å². The average molecular weight is 727 g/mol. The molecule has 12 heteroatoms. The van der Waals surface area contributed by atoms with Crippen molar-refractivity contribution in [3.63, 3.8) is 0 Å². The molecular weight excluding hydrogens is 689 g/mol. The van der Waals surface area contributed by atoms with Gasteiger partial charge in [-0.1, -0.05) is 42.5 Å². The van der Waals surface area contributed by atoms with Gasteiger partial charge in [0.1, 0.15) is 18.2 Å². The lowest BCUT2D eigenvalue weighted by molar-refractivity contribution is 0.282. The number of nitrogens with one attached hydrogen (secondary N) is 2. The second-order valence-corrected chi connectivity index (χ2v) is 12.4. The number of hydrazone groups is 1. The molecule has 0 unspecified atom stereocenters. The van der Waals surface area contributed by atoms with Crippen LogP contribution in [0.1, 0.15) is 29.5 Å². The van der Waals surface area contributed by atoms with Gasteiger partial charge in [0.2, 0.25) is 17.8 Å². The third-order valence-corrected chi connectivity index (χ3v) is 8.75. The fourth-order valence-electron chi connectivity index (χ4n) is 5.56. The molecule has 2 N–H and O–H groups in total. The van der Waals surface area contributed by atoms with Gasteiger partial charge in [0, 0.05) is 18.8 Å². The van der Waals surface area contributed by atoms with Gasteiger partial charge in [0.25, 0.3) is 0 Å². The van der Waals surface area contributed by atoms with Gasteiger partial charge in [-0.3, -0.25) is 0 Å². The first-order valence-corrected chi connectivity index (χ1v) is 16.7. The van der Waals surface area contributed by atoms with E-state index in [0.29, 0.717) is 39.7 Å². The molecule has 0 saturated carbocycles. The Morgan fingerprint density at radius 2 is 1.61 bits per heavy atom. The third kappa shape index (κ3) is 9.23. The normalized spacial score (nSPS) is 13.3. The van der Waals surface area contributed by atoms with Crippen LogP contribution in [0.2, 0.25) is 0 Å². The maximum Gasteiger partial charge on any atom is 0.250 e. The van der Waals surface area contributed by atoms with E-state index in [9.17, 15) is 4.39 Å². The standard InChI is InChI=1S/C37H37BrFN7O3/c1-47-31-14-12-30(13-15-31)41-35-42-36(44-37(43-35)46-18-16-26(17-19-46)20-25-6-4-3-5-7-25)45-40-23-28-21-32(38)34(33(22-28)48-2)49-24-27-8-10-29(39)11-9-27/h3-15,21-23,26H,16-20,24H2,1-2H3,(H2,41,42,43,44,45)/b40-23-. The van der Waals surface area contributed by atoms with Gasteiger partial charge in [-0.2, -0.15) is 20.1 Å². The zero-order chi connectivity index (χ0) is 34.0. The first kappa shape index (κ1) is 33.7. The van der Waals surface area contributed by atoms with Crippen molar-refractivity contribution in [2.75, 3.05) is 43.0 Å². The minimum atomic E-state index is -0.294. The summed E-state index contributed by atoms with van der Waals surface area (Å²) < 4.78 is 30.9. The van der Waals surface area contributed by atoms with Crippen LogP contribution < -0.4 is 29.9 Å². The summed E-state index contributed by atoms with van der Waals surface area (Å²) in [5, 5.41) is 7.72. The minimum absolute atomic E-state index is 0.254. The molecule has 5 aromatic rings. The molecule has 1 saturated heterocycles. The van der Waals surface area contributed by atoms with Crippen molar-refractivity contribution in [3.8, 4) is 17.2 Å².